The average Bonchev–Trinajstić information content (AvgIpc) is 2.46. The van der Waals surface area contributed by atoms with Gasteiger partial charge in [0, 0.05) is 6.04 Å². The Kier molecular flexibility index (Phi) is 5.14. The Hall–Kier alpha value is -1.23. The van der Waals surface area contributed by atoms with E-state index in [-0.39, 0.29) is 11.8 Å². The van der Waals surface area contributed by atoms with Gasteiger partial charge in [-0.15, -0.1) is 13.2 Å². The minimum Gasteiger partial charge on any atom is -0.406 e. The molecule has 118 valence electrons. The SMILES string of the molecule is CCC1CCC(C(N)c2ccc(OC(F)(F)F)cc2)CC1. The highest BCUT2D eigenvalue weighted by Crippen LogP contribution is 2.37. The summed E-state index contributed by atoms with van der Waals surface area (Å²) < 4.78 is 40.2. The Labute approximate surface area is 123 Å². The van der Waals surface area contributed by atoms with Gasteiger partial charge in [-0.1, -0.05) is 38.3 Å². The molecule has 0 heterocycles. The van der Waals surface area contributed by atoms with Crippen LogP contribution in [0.3, 0.4) is 0 Å². The zero-order chi connectivity index (χ0) is 15.5. The van der Waals surface area contributed by atoms with Crippen molar-refractivity contribution in [3.63, 3.8) is 0 Å². The molecule has 1 atom stereocenters. The van der Waals surface area contributed by atoms with E-state index < -0.39 is 6.36 Å². The van der Waals surface area contributed by atoms with Crippen LogP contribution >= 0.6 is 0 Å². The third kappa shape index (κ3) is 4.63. The van der Waals surface area contributed by atoms with Crippen molar-refractivity contribution < 1.29 is 17.9 Å². The van der Waals surface area contributed by atoms with E-state index in [1.807, 2.05) is 0 Å². The lowest BCUT2D eigenvalue weighted by Crippen LogP contribution is -2.26. The maximum atomic E-state index is 12.1. The van der Waals surface area contributed by atoms with Crippen molar-refractivity contribution in [2.75, 3.05) is 0 Å². The van der Waals surface area contributed by atoms with Crippen molar-refractivity contribution in [2.45, 2.75) is 51.4 Å². The fourth-order valence-electron chi connectivity index (χ4n) is 3.12. The smallest absolute Gasteiger partial charge is 0.406 e. The fourth-order valence-corrected chi connectivity index (χ4v) is 3.12. The number of hydrogen-bond acceptors (Lipinski definition) is 2. The zero-order valence-corrected chi connectivity index (χ0v) is 12.2. The molecule has 0 spiro atoms. The van der Waals surface area contributed by atoms with Crippen molar-refractivity contribution in [3.05, 3.63) is 29.8 Å². The molecular weight excluding hydrogens is 279 g/mol. The van der Waals surface area contributed by atoms with E-state index >= 15 is 0 Å². The minimum atomic E-state index is -4.65. The van der Waals surface area contributed by atoms with Crippen molar-refractivity contribution in [3.8, 4) is 5.75 Å². The number of benzene rings is 1. The molecule has 0 saturated heterocycles. The predicted molar refractivity (Wildman–Crippen MR) is 75.8 cm³/mol. The molecule has 2 rings (SSSR count). The van der Waals surface area contributed by atoms with E-state index in [2.05, 4.69) is 11.7 Å². The van der Waals surface area contributed by atoms with Crippen LogP contribution in [0.2, 0.25) is 0 Å². The lowest BCUT2D eigenvalue weighted by molar-refractivity contribution is -0.274. The second-order valence-electron chi connectivity index (χ2n) is 5.83. The number of halogens is 3. The molecule has 1 aromatic carbocycles. The van der Waals surface area contributed by atoms with Crippen LogP contribution in [0.1, 0.15) is 50.6 Å². The number of alkyl halides is 3. The lowest BCUT2D eigenvalue weighted by atomic mass is 9.76. The van der Waals surface area contributed by atoms with Gasteiger partial charge in [0.1, 0.15) is 5.75 Å². The molecule has 5 heteroatoms. The van der Waals surface area contributed by atoms with Crippen molar-refractivity contribution in [1.29, 1.82) is 0 Å². The number of hydrogen-bond donors (Lipinski definition) is 1. The first-order valence-corrected chi connectivity index (χ1v) is 7.50. The van der Waals surface area contributed by atoms with Gasteiger partial charge in [0.25, 0.3) is 0 Å². The number of rotatable bonds is 4. The number of ether oxygens (including phenoxy) is 1. The highest BCUT2D eigenvalue weighted by Gasteiger charge is 2.31. The Morgan fingerprint density at radius 1 is 1.14 bits per heavy atom. The summed E-state index contributed by atoms with van der Waals surface area (Å²) in [5.74, 6) is 1.02. The van der Waals surface area contributed by atoms with Crippen LogP contribution in [0.4, 0.5) is 13.2 Å². The van der Waals surface area contributed by atoms with Crippen LogP contribution in [0.15, 0.2) is 24.3 Å². The summed E-state index contributed by atoms with van der Waals surface area (Å²) in [6.45, 7) is 2.21. The Bertz CT molecular complexity index is 436. The van der Waals surface area contributed by atoms with E-state index in [9.17, 15) is 13.2 Å². The summed E-state index contributed by atoms with van der Waals surface area (Å²) in [6, 6.07) is 5.83. The van der Waals surface area contributed by atoms with Gasteiger partial charge in [0.2, 0.25) is 0 Å². The highest BCUT2D eigenvalue weighted by molar-refractivity contribution is 5.29. The molecule has 21 heavy (non-hydrogen) atoms. The van der Waals surface area contributed by atoms with Crippen LogP contribution in [0.25, 0.3) is 0 Å². The van der Waals surface area contributed by atoms with Crippen molar-refractivity contribution in [1.82, 2.24) is 0 Å². The minimum absolute atomic E-state index is 0.109. The molecule has 1 saturated carbocycles. The molecule has 1 aliphatic rings. The van der Waals surface area contributed by atoms with Gasteiger partial charge in [-0.05, 0) is 42.4 Å². The molecule has 1 aliphatic carbocycles. The molecule has 0 aliphatic heterocycles. The maximum Gasteiger partial charge on any atom is 0.573 e. The van der Waals surface area contributed by atoms with Crippen molar-refractivity contribution in [2.24, 2.45) is 17.6 Å². The van der Waals surface area contributed by atoms with E-state index in [1.165, 1.54) is 31.4 Å². The summed E-state index contributed by atoms with van der Waals surface area (Å²) in [7, 11) is 0. The summed E-state index contributed by atoms with van der Waals surface area (Å²) in [5.41, 5.74) is 7.15. The summed E-state index contributed by atoms with van der Waals surface area (Å²) >= 11 is 0. The largest absolute Gasteiger partial charge is 0.573 e. The van der Waals surface area contributed by atoms with Gasteiger partial charge >= 0.3 is 6.36 Å². The van der Waals surface area contributed by atoms with Crippen LogP contribution in [0.5, 0.6) is 5.75 Å². The second kappa shape index (κ2) is 6.69. The molecule has 0 bridgehead atoms. The monoisotopic (exact) mass is 301 g/mol. The predicted octanol–water partition coefficient (Wildman–Crippen LogP) is 4.80. The van der Waals surface area contributed by atoms with Crippen molar-refractivity contribution >= 4 is 0 Å². The first-order chi connectivity index (χ1) is 9.89. The van der Waals surface area contributed by atoms with Crippen LogP contribution < -0.4 is 10.5 Å². The van der Waals surface area contributed by atoms with E-state index in [0.29, 0.717) is 5.92 Å². The first kappa shape index (κ1) is 16.1. The lowest BCUT2D eigenvalue weighted by Gasteiger charge is -2.32. The molecule has 0 radical (unpaired) electrons. The van der Waals surface area contributed by atoms with Gasteiger partial charge in [-0.25, -0.2) is 0 Å². The van der Waals surface area contributed by atoms with E-state index in [0.717, 1.165) is 24.3 Å². The van der Waals surface area contributed by atoms with Crippen LogP contribution in [-0.2, 0) is 0 Å². The second-order valence-corrected chi connectivity index (χ2v) is 5.83. The maximum absolute atomic E-state index is 12.1. The molecule has 1 aromatic rings. The third-order valence-electron chi connectivity index (χ3n) is 4.48. The van der Waals surface area contributed by atoms with Gasteiger partial charge in [-0.3, -0.25) is 0 Å². The first-order valence-electron chi connectivity index (χ1n) is 7.50. The topological polar surface area (TPSA) is 35.2 Å². The highest BCUT2D eigenvalue weighted by atomic mass is 19.4. The molecule has 0 aromatic heterocycles. The molecule has 0 amide bonds. The van der Waals surface area contributed by atoms with Gasteiger partial charge < -0.3 is 10.5 Å². The van der Waals surface area contributed by atoms with E-state index in [1.54, 1.807) is 12.1 Å². The normalized spacial score (nSPS) is 24.6. The van der Waals surface area contributed by atoms with Crippen LogP contribution in [-0.4, -0.2) is 6.36 Å². The Balaban J connectivity index is 1.95. The molecular formula is C16H22F3NO. The van der Waals surface area contributed by atoms with Crippen LogP contribution in [0, 0.1) is 11.8 Å². The Morgan fingerprint density at radius 3 is 2.19 bits per heavy atom. The van der Waals surface area contributed by atoms with E-state index in [4.69, 9.17) is 5.73 Å². The molecule has 1 unspecified atom stereocenters. The Morgan fingerprint density at radius 2 is 1.71 bits per heavy atom. The quantitative estimate of drug-likeness (QED) is 0.867. The van der Waals surface area contributed by atoms with Gasteiger partial charge in [0.05, 0.1) is 0 Å². The zero-order valence-electron chi connectivity index (χ0n) is 12.2. The summed E-state index contributed by atoms with van der Waals surface area (Å²) in [5, 5.41) is 0. The molecule has 1 fully saturated rings. The fraction of sp³-hybridized carbons (Fsp3) is 0.625. The summed E-state index contributed by atoms with van der Waals surface area (Å²) in [4.78, 5) is 0. The standard InChI is InChI=1S/C16H22F3NO/c1-2-11-3-5-12(6-4-11)15(20)13-7-9-14(10-8-13)21-16(17,18)19/h7-12,15H,2-6,20H2,1H3. The van der Waals surface area contributed by atoms with Gasteiger partial charge in [-0.2, -0.15) is 0 Å². The molecule has 2 N–H and O–H groups in total. The third-order valence-corrected chi connectivity index (χ3v) is 4.48. The van der Waals surface area contributed by atoms with Gasteiger partial charge in [0.15, 0.2) is 0 Å². The summed E-state index contributed by atoms with van der Waals surface area (Å²) in [6.07, 6.45) is 1.16. The molecule has 2 nitrogen and oxygen atoms in total. The number of nitrogens with two attached hydrogens (primary N) is 1. The average molecular weight is 301 g/mol.